The van der Waals surface area contributed by atoms with E-state index in [4.69, 9.17) is 14.1 Å². The van der Waals surface area contributed by atoms with E-state index in [9.17, 15) is 0 Å². The zero-order chi connectivity index (χ0) is 17.9. The molecule has 1 aliphatic rings. The molecule has 1 atom stereocenters. The summed E-state index contributed by atoms with van der Waals surface area (Å²) in [6.07, 6.45) is 11.1. The molecule has 0 aliphatic carbocycles. The SMILES string of the molecule is c1coc(CCNC(=NCC2CCCCO2)NCCCn2cccn2)c1. The standard InChI is InChI=1S/C19H29N5O2/c1-2-14-26-18(6-1)16-22-19(21-11-8-17-7-3-15-25-17)20-9-4-12-24-13-5-10-23-24/h3,5,7,10,13,15,18H,1-2,4,6,8-9,11-12,14,16H2,(H2,20,21,22). The fourth-order valence-corrected chi connectivity index (χ4v) is 2.96. The first-order valence-corrected chi connectivity index (χ1v) is 9.54. The van der Waals surface area contributed by atoms with Crippen molar-refractivity contribution in [1.82, 2.24) is 20.4 Å². The third kappa shape index (κ3) is 6.55. The fraction of sp³-hybridized carbons (Fsp3) is 0.579. The quantitative estimate of drug-likeness (QED) is 0.408. The second kappa shape index (κ2) is 10.7. The number of aromatic nitrogens is 2. The van der Waals surface area contributed by atoms with E-state index in [-0.39, 0.29) is 6.10 Å². The Morgan fingerprint density at radius 2 is 2.23 bits per heavy atom. The first-order valence-electron chi connectivity index (χ1n) is 9.54. The van der Waals surface area contributed by atoms with Crippen LogP contribution in [0.25, 0.3) is 0 Å². The van der Waals surface area contributed by atoms with Gasteiger partial charge in [0, 0.05) is 45.1 Å². The first-order chi connectivity index (χ1) is 12.9. The van der Waals surface area contributed by atoms with Gasteiger partial charge in [-0.05, 0) is 43.9 Å². The molecule has 1 unspecified atom stereocenters. The number of rotatable bonds is 9. The van der Waals surface area contributed by atoms with Gasteiger partial charge in [-0.25, -0.2) is 0 Å². The molecule has 2 N–H and O–H groups in total. The van der Waals surface area contributed by atoms with Gasteiger partial charge >= 0.3 is 0 Å². The van der Waals surface area contributed by atoms with Crippen LogP contribution in [-0.2, 0) is 17.7 Å². The lowest BCUT2D eigenvalue weighted by molar-refractivity contribution is 0.0224. The second-order valence-electron chi connectivity index (χ2n) is 6.48. The summed E-state index contributed by atoms with van der Waals surface area (Å²) in [6, 6.07) is 5.85. The Bertz CT molecular complexity index is 618. The molecular weight excluding hydrogens is 330 g/mol. The summed E-state index contributed by atoms with van der Waals surface area (Å²) in [5.74, 6) is 1.82. The summed E-state index contributed by atoms with van der Waals surface area (Å²) in [5, 5.41) is 11.0. The molecule has 3 rings (SSSR count). The van der Waals surface area contributed by atoms with E-state index in [1.54, 1.807) is 12.5 Å². The zero-order valence-electron chi connectivity index (χ0n) is 15.3. The van der Waals surface area contributed by atoms with Gasteiger partial charge in [-0.15, -0.1) is 0 Å². The minimum atomic E-state index is 0.247. The Hall–Kier alpha value is -2.28. The molecule has 2 aromatic heterocycles. The van der Waals surface area contributed by atoms with Crippen molar-refractivity contribution in [1.29, 1.82) is 0 Å². The van der Waals surface area contributed by atoms with Crippen LogP contribution in [0.3, 0.4) is 0 Å². The van der Waals surface area contributed by atoms with Crippen LogP contribution in [0.2, 0.25) is 0 Å². The monoisotopic (exact) mass is 359 g/mol. The van der Waals surface area contributed by atoms with E-state index in [2.05, 4.69) is 15.7 Å². The number of nitrogens with one attached hydrogen (secondary N) is 2. The molecule has 1 fully saturated rings. The molecule has 0 radical (unpaired) electrons. The van der Waals surface area contributed by atoms with E-state index in [1.807, 2.05) is 29.1 Å². The highest BCUT2D eigenvalue weighted by atomic mass is 16.5. The maximum Gasteiger partial charge on any atom is 0.191 e. The molecule has 0 aromatic carbocycles. The maximum absolute atomic E-state index is 5.78. The largest absolute Gasteiger partial charge is 0.469 e. The molecule has 1 saturated heterocycles. The normalized spacial score (nSPS) is 18.0. The molecule has 142 valence electrons. The molecule has 0 amide bonds. The van der Waals surface area contributed by atoms with Crippen LogP contribution in [0.15, 0.2) is 46.3 Å². The van der Waals surface area contributed by atoms with Crippen LogP contribution in [0.1, 0.15) is 31.4 Å². The third-order valence-corrected chi connectivity index (χ3v) is 4.39. The van der Waals surface area contributed by atoms with Crippen molar-refractivity contribution in [3.8, 4) is 0 Å². The lowest BCUT2D eigenvalue weighted by Gasteiger charge is -2.21. The van der Waals surface area contributed by atoms with Crippen molar-refractivity contribution in [2.24, 2.45) is 4.99 Å². The number of furan rings is 1. The summed E-state index contributed by atoms with van der Waals surface area (Å²) >= 11 is 0. The third-order valence-electron chi connectivity index (χ3n) is 4.39. The number of hydrogen-bond donors (Lipinski definition) is 2. The molecule has 0 bridgehead atoms. The number of hydrogen-bond acceptors (Lipinski definition) is 4. The Kier molecular flexibility index (Phi) is 7.58. The molecule has 1 aliphatic heterocycles. The van der Waals surface area contributed by atoms with Crippen molar-refractivity contribution < 1.29 is 9.15 Å². The van der Waals surface area contributed by atoms with Crippen molar-refractivity contribution in [2.75, 3.05) is 26.2 Å². The number of guanidine groups is 1. The number of ether oxygens (including phenoxy) is 1. The Morgan fingerprint density at radius 1 is 1.27 bits per heavy atom. The Morgan fingerprint density at radius 3 is 3.00 bits per heavy atom. The van der Waals surface area contributed by atoms with Gasteiger partial charge in [-0.2, -0.15) is 5.10 Å². The Balaban J connectivity index is 1.42. The highest BCUT2D eigenvalue weighted by molar-refractivity contribution is 5.79. The van der Waals surface area contributed by atoms with Crippen molar-refractivity contribution in [3.63, 3.8) is 0 Å². The molecule has 7 heteroatoms. The molecule has 7 nitrogen and oxygen atoms in total. The van der Waals surface area contributed by atoms with Crippen LogP contribution in [0, 0.1) is 0 Å². The van der Waals surface area contributed by atoms with Crippen LogP contribution in [-0.4, -0.2) is 48.1 Å². The molecule has 3 heterocycles. The van der Waals surface area contributed by atoms with Crippen LogP contribution < -0.4 is 10.6 Å². The lowest BCUT2D eigenvalue weighted by Crippen LogP contribution is -2.40. The average molecular weight is 359 g/mol. The highest BCUT2D eigenvalue weighted by Crippen LogP contribution is 2.12. The van der Waals surface area contributed by atoms with Gasteiger partial charge in [0.15, 0.2) is 5.96 Å². The van der Waals surface area contributed by atoms with Gasteiger partial charge in [0.2, 0.25) is 0 Å². The first kappa shape index (κ1) is 18.5. The molecular formula is C19H29N5O2. The minimum absolute atomic E-state index is 0.247. The molecule has 26 heavy (non-hydrogen) atoms. The van der Waals surface area contributed by atoms with Crippen LogP contribution in [0.5, 0.6) is 0 Å². The van der Waals surface area contributed by atoms with Crippen molar-refractivity contribution >= 4 is 5.96 Å². The number of aryl methyl sites for hydroxylation is 1. The molecule has 0 saturated carbocycles. The predicted octanol–water partition coefficient (Wildman–Crippen LogP) is 2.21. The van der Waals surface area contributed by atoms with E-state index in [1.165, 1.54) is 12.8 Å². The van der Waals surface area contributed by atoms with Crippen LogP contribution in [0.4, 0.5) is 0 Å². The topological polar surface area (TPSA) is 76.6 Å². The molecule has 0 spiro atoms. The highest BCUT2D eigenvalue weighted by Gasteiger charge is 2.13. The lowest BCUT2D eigenvalue weighted by atomic mass is 10.1. The van der Waals surface area contributed by atoms with E-state index in [0.29, 0.717) is 6.54 Å². The summed E-state index contributed by atoms with van der Waals surface area (Å²) in [6.45, 7) is 4.08. The van der Waals surface area contributed by atoms with E-state index >= 15 is 0 Å². The van der Waals surface area contributed by atoms with Gasteiger partial charge < -0.3 is 19.8 Å². The smallest absolute Gasteiger partial charge is 0.191 e. The summed E-state index contributed by atoms with van der Waals surface area (Å²) < 4.78 is 13.1. The minimum Gasteiger partial charge on any atom is -0.469 e. The van der Waals surface area contributed by atoms with Gasteiger partial charge in [-0.3, -0.25) is 9.67 Å². The molecule has 2 aromatic rings. The summed E-state index contributed by atoms with van der Waals surface area (Å²) in [7, 11) is 0. The van der Waals surface area contributed by atoms with E-state index in [0.717, 1.165) is 57.2 Å². The van der Waals surface area contributed by atoms with E-state index < -0.39 is 0 Å². The van der Waals surface area contributed by atoms with Crippen molar-refractivity contribution in [3.05, 3.63) is 42.6 Å². The average Bonchev–Trinajstić information content (AvgIpc) is 3.37. The van der Waals surface area contributed by atoms with Gasteiger partial charge in [0.1, 0.15) is 5.76 Å². The van der Waals surface area contributed by atoms with Crippen LogP contribution >= 0.6 is 0 Å². The summed E-state index contributed by atoms with van der Waals surface area (Å²) in [5.41, 5.74) is 0. The summed E-state index contributed by atoms with van der Waals surface area (Å²) in [4.78, 5) is 4.72. The second-order valence-corrected chi connectivity index (χ2v) is 6.48. The predicted molar refractivity (Wildman–Crippen MR) is 101 cm³/mol. The van der Waals surface area contributed by atoms with Crippen molar-refractivity contribution in [2.45, 2.75) is 44.8 Å². The fourth-order valence-electron chi connectivity index (χ4n) is 2.96. The van der Waals surface area contributed by atoms with Gasteiger partial charge in [0.25, 0.3) is 0 Å². The zero-order valence-corrected chi connectivity index (χ0v) is 15.3. The number of nitrogens with zero attached hydrogens (tertiary/aromatic N) is 3. The van der Waals surface area contributed by atoms with Gasteiger partial charge in [0.05, 0.1) is 18.9 Å². The Labute approximate surface area is 154 Å². The maximum atomic E-state index is 5.78. The number of aliphatic imine (C=N–C) groups is 1. The van der Waals surface area contributed by atoms with Gasteiger partial charge in [-0.1, -0.05) is 0 Å².